The van der Waals surface area contributed by atoms with Crippen LogP contribution >= 0.6 is 27.5 Å². The number of nitrogens with zero attached hydrogens (tertiary/aromatic N) is 1. The first-order valence-electron chi connectivity index (χ1n) is 5.87. The second-order valence-electron chi connectivity index (χ2n) is 4.28. The third-order valence-electron chi connectivity index (χ3n) is 3.17. The minimum Gasteiger partial charge on any atom is -0.465 e. The van der Waals surface area contributed by atoms with Crippen LogP contribution in [0.25, 0.3) is 21.7 Å². The molecule has 2 aromatic carbocycles. The molecule has 0 N–H and O–H groups in total. The molecule has 3 rings (SSSR count). The van der Waals surface area contributed by atoms with Gasteiger partial charge in [0.15, 0.2) is 0 Å². The fourth-order valence-corrected chi connectivity index (χ4v) is 3.05. The van der Waals surface area contributed by atoms with Gasteiger partial charge in [0.25, 0.3) is 0 Å². The highest BCUT2D eigenvalue weighted by Crippen LogP contribution is 2.35. The Labute approximate surface area is 128 Å². The van der Waals surface area contributed by atoms with Crippen molar-refractivity contribution in [3.8, 4) is 0 Å². The highest BCUT2D eigenvalue weighted by atomic mass is 79.9. The number of pyridine rings is 1. The number of benzene rings is 2. The average Bonchev–Trinajstić information content (AvgIpc) is 2.48. The van der Waals surface area contributed by atoms with E-state index < -0.39 is 5.97 Å². The zero-order valence-electron chi connectivity index (χ0n) is 10.5. The highest BCUT2D eigenvalue weighted by Gasteiger charge is 2.16. The number of fused-ring (bicyclic) bond motifs is 3. The maximum Gasteiger partial charge on any atom is 0.340 e. The Kier molecular flexibility index (Phi) is 3.36. The van der Waals surface area contributed by atoms with Crippen LogP contribution in [0.4, 0.5) is 0 Å². The molecule has 0 fully saturated rings. The fourth-order valence-electron chi connectivity index (χ4n) is 2.21. The van der Waals surface area contributed by atoms with Crippen molar-refractivity contribution in [1.82, 2.24) is 4.98 Å². The van der Waals surface area contributed by atoms with Crippen LogP contribution in [0.15, 0.2) is 41.0 Å². The molecule has 1 heterocycles. The van der Waals surface area contributed by atoms with Crippen molar-refractivity contribution in [1.29, 1.82) is 0 Å². The van der Waals surface area contributed by atoms with Gasteiger partial charge in [-0.25, -0.2) is 4.79 Å². The Morgan fingerprint density at radius 1 is 1.25 bits per heavy atom. The molecule has 0 spiro atoms. The molecule has 0 bridgehead atoms. The number of hydrogen-bond acceptors (Lipinski definition) is 3. The van der Waals surface area contributed by atoms with E-state index in [1.165, 1.54) is 13.3 Å². The molecule has 100 valence electrons. The SMILES string of the molecule is COC(=O)c1cnc2c(cc(Br)c3ccccc32)c1Cl. The maximum absolute atomic E-state index is 11.7. The van der Waals surface area contributed by atoms with Crippen molar-refractivity contribution in [3.05, 3.63) is 51.6 Å². The number of carbonyl (C=O) groups excluding carboxylic acids is 1. The fraction of sp³-hybridized carbons (Fsp3) is 0.0667. The summed E-state index contributed by atoms with van der Waals surface area (Å²) < 4.78 is 5.62. The van der Waals surface area contributed by atoms with Crippen molar-refractivity contribution in [2.24, 2.45) is 0 Å². The Hall–Kier alpha value is -1.65. The predicted octanol–water partition coefficient (Wildman–Crippen LogP) is 4.59. The lowest BCUT2D eigenvalue weighted by atomic mass is 10.0. The van der Waals surface area contributed by atoms with Crippen LogP contribution in [0.1, 0.15) is 10.4 Å². The first-order valence-corrected chi connectivity index (χ1v) is 7.04. The summed E-state index contributed by atoms with van der Waals surface area (Å²) in [5.41, 5.74) is 1.03. The van der Waals surface area contributed by atoms with E-state index in [0.717, 1.165) is 26.1 Å². The summed E-state index contributed by atoms with van der Waals surface area (Å²) in [6.07, 6.45) is 1.46. The maximum atomic E-state index is 11.7. The predicted molar refractivity (Wildman–Crippen MR) is 83.3 cm³/mol. The molecule has 0 amide bonds. The molecule has 3 nitrogen and oxygen atoms in total. The molecular formula is C15H9BrClNO2. The molecule has 0 aliphatic heterocycles. The number of ether oxygens (including phenoxy) is 1. The molecule has 3 aromatic rings. The van der Waals surface area contributed by atoms with Crippen molar-refractivity contribution in [2.75, 3.05) is 7.11 Å². The topological polar surface area (TPSA) is 39.2 Å². The molecule has 5 heteroatoms. The van der Waals surface area contributed by atoms with Crippen LogP contribution in [0, 0.1) is 0 Å². The number of esters is 1. The summed E-state index contributed by atoms with van der Waals surface area (Å²) in [7, 11) is 1.32. The zero-order chi connectivity index (χ0) is 14.3. The second kappa shape index (κ2) is 5.04. The zero-order valence-corrected chi connectivity index (χ0v) is 12.8. The van der Waals surface area contributed by atoms with Gasteiger partial charge in [0.1, 0.15) is 0 Å². The molecular weight excluding hydrogens is 342 g/mol. The molecule has 0 unspecified atom stereocenters. The normalized spacial score (nSPS) is 10.9. The number of rotatable bonds is 1. The van der Waals surface area contributed by atoms with Gasteiger partial charge in [-0.3, -0.25) is 4.98 Å². The smallest absolute Gasteiger partial charge is 0.340 e. The van der Waals surface area contributed by atoms with E-state index in [1.807, 2.05) is 30.3 Å². The number of carbonyl (C=O) groups is 1. The van der Waals surface area contributed by atoms with E-state index >= 15 is 0 Å². The number of hydrogen-bond donors (Lipinski definition) is 0. The molecule has 0 aliphatic rings. The first-order chi connectivity index (χ1) is 9.63. The Bertz CT molecular complexity index is 848. The highest BCUT2D eigenvalue weighted by molar-refractivity contribution is 9.10. The lowest BCUT2D eigenvalue weighted by molar-refractivity contribution is 0.0600. The summed E-state index contributed by atoms with van der Waals surface area (Å²) in [6.45, 7) is 0. The Balaban J connectivity index is 2.45. The summed E-state index contributed by atoms with van der Waals surface area (Å²) in [6, 6.07) is 9.76. The van der Waals surface area contributed by atoms with Gasteiger partial charge in [-0.05, 0) is 11.5 Å². The minimum atomic E-state index is -0.492. The molecule has 0 radical (unpaired) electrons. The molecule has 0 saturated heterocycles. The summed E-state index contributed by atoms with van der Waals surface area (Å²) in [5, 5.41) is 3.11. The van der Waals surface area contributed by atoms with E-state index in [-0.39, 0.29) is 5.56 Å². The van der Waals surface area contributed by atoms with Crippen LogP contribution in [-0.4, -0.2) is 18.1 Å². The van der Waals surface area contributed by atoms with Crippen LogP contribution in [0.2, 0.25) is 5.02 Å². The van der Waals surface area contributed by atoms with E-state index in [9.17, 15) is 4.79 Å². The van der Waals surface area contributed by atoms with E-state index in [1.54, 1.807) is 0 Å². The Morgan fingerprint density at radius 2 is 1.95 bits per heavy atom. The third kappa shape index (κ3) is 1.96. The average molecular weight is 351 g/mol. The van der Waals surface area contributed by atoms with Gasteiger partial charge in [0, 0.05) is 21.4 Å². The molecule has 20 heavy (non-hydrogen) atoms. The van der Waals surface area contributed by atoms with Crippen LogP contribution in [0.5, 0.6) is 0 Å². The van der Waals surface area contributed by atoms with Crippen LogP contribution in [0.3, 0.4) is 0 Å². The van der Waals surface area contributed by atoms with Crippen molar-refractivity contribution < 1.29 is 9.53 Å². The second-order valence-corrected chi connectivity index (χ2v) is 5.51. The monoisotopic (exact) mass is 349 g/mol. The third-order valence-corrected chi connectivity index (χ3v) is 4.23. The minimum absolute atomic E-state index is 0.267. The lowest BCUT2D eigenvalue weighted by Crippen LogP contribution is -2.03. The largest absolute Gasteiger partial charge is 0.465 e. The van der Waals surface area contributed by atoms with Crippen molar-refractivity contribution in [3.63, 3.8) is 0 Å². The van der Waals surface area contributed by atoms with Gasteiger partial charge in [0.2, 0.25) is 0 Å². The van der Waals surface area contributed by atoms with Crippen molar-refractivity contribution in [2.45, 2.75) is 0 Å². The van der Waals surface area contributed by atoms with Gasteiger partial charge in [-0.1, -0.05) is 51.8 Å². The number of aromatic nitrogens is 1. The van der Waals surface area contributed by atoms with Crippen LogP contribution < -0.4 is 0 Å². The van der Waals surface area contributed by atoms with E-state index in [0.29, 0.717) is 5.02 Å². The molecule has 0 atom stereocenters. The van der Waals surface area contributed by atoms with Crippen LogP contribution in [-0.2, 0) is 4.74 Å². The first kappa shape index (κ1) is 13.3. The van der Waals surface area contributed by atoms with Gasteiger partial charge in [-0.2, -0.15) is 0 Å². The quantitative estimate of drug-likeness (QED) is 0.476. The number of methoxy groups -OCH3 is 1. The molecule has 0 saturated carbocycles. The lowest BCUT2D eigenvalue weighted by Gasteiger charge is -2.09. The summed E-state index contributed by atoms with van der Waals surface area (Å²) >= 11 is 9.85. The standard InChI is InChI=1S/C15H9BrClNO2/c1-20-15(19)11-7-18-14-9-5-3-2-4-8(9)12(16)6-10(14)13(11)17/h2-7H,1H3. The Morgan fingerprint density at radius 3 is 2.65 bits per heavy atom. The van der Waals surface area contributed by atoms with E-state index in [2.05, 4.69) is 20.9 Å². The van der Waals surface area contributed by atoms with Gasteiger partial charge >= 0.3 is 5.97 Å². The van der Waals surface area contributed by atoms with Gasteiger partial charge < -0.3 is 4.74 Å². The van der Waals surface area contributed by atoms with E-state index in [4.69, 9.17) is 16.3 Å². The molecule has 1 aromatic heterocycles. The number of halogens is 2. The summed E-state index contributed by atoms with van der Waals surface area (Å²) in [5.74, 6) is -0.492. The van der Waals surface area contributed by atoms with Gasteiger partial charge in [0.05, 0.1) is 23.2 Å². The van der Waals surface area contributed by atoms with Crippen molar-refractivity contribution >= 4 is 55.2 Å². The molecule has 0 aliphatic carbocycles. The van der Waals surface area contributed by atoms with Gasteiger partial charge in [-0.15, -0.1) is 0 Å². The summed E-state index contributed by atoms with van der Waals surface area (Å²) in [4.78, 5) is 16.0.